The van der Waals surface area contributed by atoms with Crippen molar-refractivity contribution < 1.29 is 9.53 Å². The summed E-state index contributed by atoms with van der Waals surface area (Å²) in [5.74, 6) is 1.04. The van der Waals surface area contributed by atoms with Gasteiger partial charge in [-0.3, -0.25) is 4.79 Å². The van der Waals surface area contributed by atoms with Crippen LogP contribution in [0.1, 0.15) is 9.67 Å². The molecule has 0 saturated carbocycles. The van der Waals surface area contributed by atoms with E-state index in [0.717, 1.165) is 0 Å². The number of hydrogen-bond acceptors (Lipinski definition) is 3. The summed E-state index contributed by atoms with van der Waals surface area (Å²) in [6.45, 7) is 0. The smallest absolute Gasteiger partial charge is 0.267 e. The van der Waals surface area contributed by atoms with E-state index in [1.54, 1.807) is 23.6 Å². The fourth-order valence-corrected chi connectivity index (χ4v) is 2.95. The molecule has 1 amide bonds. The maximum atomic E-state index is 12.3. The Kier molecular flexibility index (Phi) is 4.42. The molecule has 0 aliphatic carbocycles. The number of ether oxygens (including phenoxy) is 1. The van der Waals surface area contributed by atoms with E-state index in [0.29, 0.717) is 27.1 Å². The molecule has 0 atom stereocenters. The number of nitrogens with one attached hydrogen (secondary N) is 1. The van der Waals surface area contributed by atoms with Gasteiger partial charge in [-0.15, -0.1) is 11.3 Å². The normalized spacial score (nSPS) is 10.2. The molecule has 3 rings (SSSR count). The first kappa shape index (κ1) is 14.6. The molecule has 0 unspecified atom stereocenters. The van der Waals surface area contributed by atoms with Crippen LogP contribution >= 0.6 is 22.9 Å². The SMILES string of the molecule is O=C(Nc1ccccc1Oc1ccccc1)c1sccc1Cl. The van der Waals surface area contributed by atoms with E-state index in [4.69, 9.17) is 16.3 Å². The Labute approximate surface area is 137 Å². The van der Waals surface area contributed by atoms with Crippen LogP contribution in [-0.4, -0.2) is 5.91 Å². The predicted octanol–water partition coefficient (Wildman–Crippen LogP) is 5.45. The van der Waals surface area contributed by atoms with E-state index < -0.39 is 0 Å². The molecule has 22 heavy (non-hydrogen) atoms. The van der Waals surface area contributed by atoms with E-state index in [1.807, 2.05) is 42.5 Å². The zero-order valence-corrected chi connectivity index (χ0v) is 13.0. The first-order valence-electron chi connectivity index (χ1n) is 6.60. The zero-order chi connectivity index (χ0) is 15.4. The molecule has 0 aliphatic heterocycles. The Bertz CT molecular complexity index is 786. The number of thiophene rings is 1. The lowest BCUT2D eigenvalue weighted by Crippen LogP contribution is -2.11. The average molecular weight is 330 g/mol. The van der Waals surface area contributed by atoms with Gasteiger partial charge >= 0.3 is 0 Å². The van der Waals surface area contributed by atoms with Crippen LogP contribution < -0.4 is 10.1 Å². The van der Waals surface area contributed by atoms with Crippen LogP contribution in [0.15, 0.2) is 66.0 Å². The molecule has 0 radical (unpaired) electrons. The van der Waals surface area contributed by atoms with Gasteiger partial charge in [-0.05, 0) is 35.7 Å². The third-order valence-electron chi connectivity index (χ3n) is 2.93. The lowest BCUT2D eigenvalue weighted by atomic mass is 10.2. The van der Waals surface area contributed by atoms with Gasteiger partial charge in [0.25, 0.3) is 5.91 Å². The Morgan fingerprint density at radius 2 is 1.73 bits per heavy atom. The second-order valence-electron chi connectivity index (χ2n) is 4.46. The molecule has 0 spiro atoms. The molecule has 0 bridgehead atoms. The monoisotopic (exact) mass is 329 g/mol. The van der Waals surface area contributed by atoms with Crippen LogP contribution in [0, 0.1) is 0 Å². The summed E-state index contributed by atoms with van der Waals surface area (Å²) in [7, 11) is 0. The van der Waals surface area contributed by atoms with E-state index in [9.17, 15) is 4.79 Å². The number of amides is 1. The second-order valence-corrected chi connectivity index (χ2v) is 5.79. The van der Waals surface area contributed by atoms with Crippen LogP contribution in [0.3, 0.4) is 0 Å². The summed E-state index contributed by atoms with van der Waals surface area (Å²) in [6, 6.07) is 18.4. The topological polar surface area (TPSA) is 38.3 Å². The van der Waals surface area contributed by atoms with Crippen molar-refractivity contribution in [1.29, 1.82) is 0 Å². The number of halogens is 1. The highest BCUT2D eigenvalue weighted by atomic mass is 35.5. The molecular weight excluding hydrogens is 318 g/mol. The van der Waals surface area contributed by atoms with Crippen molar-refractivity contribution in [3.8, 4) is 11.5 Å². The highest BCUT2D eigenvalue weighted by Crippen LogP contribution is 2.30. The van der Waals surface area contributed by atoms with Crippen LogP contribution in [0.25, 0.3) is 0 Å². The van der Waals surface area contributed by atoms with Crippen LogP contribution in [-0.2, 0) is 0 Å². The number of benzene rings is 2. The number of rotatable bonds is 4. The lowest BCUT2D eigenvalue weighted by molar-refractivity contribution is 0.103. The largest absolute Gasteiger partial charge is 0.455 e. The van der Waals surface area contributed by atoms with Crippen molar-refractivity contribution in [2.75, 3.05) is 5.32 Å². The van der Waals surface area contributed by atoms with Gasteiger partial charge in [-0.1, -0.05) is 41.9 Å². The highest BCUT2D eigenvalue weighted by Gasteiger charge is 2.14. The molecular formula is C17H12ClNO2S. The van der Waals surface area contributed by atoms with E-state index in [-0.39, 0.29) is 5.91 Å². The van der Waals surface area contributed by atoms with Gasteiger partial charge in [-0.25, -0.2) is 0 Å². The van der Waals surface area contributed by atoms with Crippen molar-refractivity contribution in [3.05, 3.63) is 75.9 Å². The van der Waals surface area contributed by atoms with E-state index >= 15 is 0 Å². The molecule has 0 fully saturated rings. The maximum Gasteiger partial charge on any atom is 0.267 e. The fourth-order valence-electron chi connectivity index (χ4n) is 1.91. The van der Waals surface area contributed by atoms with Crippen molar-refractivity contribution in [2.45, 2.75) is 0 Å². The standard InChI is InChI=1S/C17H12ClNO2S/c18-13-10-11-22-16(13)17(20)19-14-8-4-5-9-15(14)21-12-6-2-1-3-7-12/h1-11H,(H,19,20). The molecule has 0 aliphatic rings. The summed E-state index contributed by atoms with van der Waals surface area (Å²) in [5, 5.41) is 5.07. The summed E-state index contributed by atoms with van der Waals surface area (Å²) in [5.41, 5.74) is 0.598. The van der Waals surface area contributed by atoms with Crippen LogP contribution in [0.5, 0.6) is 11.5 Å². The van der Waals surface area contributed by atoms with Gasteiger partial charge in [0.05, 0.1) is 10.7 Å². The quantitative estimate of drug-likeness (QED) is 0.691. The minimum atomic E-state index is -0.246. The minimum Gasteiger partial charge on any atom is -0.455 e. The Morgan fingerprint density at radius 3 is 2.45 bits per heavy atom. The van der Waals surface area contributed by atoms with Crippen molar-refractivity contribution in [3.63, 3.8) is 0 Å². The first-order valence-corrected chi connectivity index (χ1v) is 7.86. The van der Waals surface area contributed by atoms with E-state index in [1.165, 1.54) is 11.3 Å². The van der Waals surface area contributed by atoms with E-state index in [2.05, 4.69) is 5.32 Å². The number of para-hydroxylation sites is 3. The molecule has 0 saturated heterocycles. The fraction of sp³-hybridized carbons (Fsp3) is 0. The van der Waals surface area contributed by atoms with Crippen molar-refractivity contribution in [1.82, 2.24) is 0 Å². The maximum absolute atomic E-state index is 12.3. The van der Waals surface area contributed by atoms with Gasteiger partial charge in [0, 0.05) is 0 Å². The van der Waals surface area contributed by atoms with Gasteiger partial charge in [0.1, 0.15) is 10.6 Å². The van der Waals surface area contributed by atoms with Gasteiger partial charge in [0.15, 0.2) is 5.75 Å². The summed E-state index contributed by atoms with van der Waals surface area (Å²) >= 11 is 7.29. The molecule has 1 heterocycles. The van der Waals surface area contributed by atoms with Gasteiger partial charge in [-0.2, -0.15) is 0 Å². The molecule has 3 aromatic rings. The van der Waals surface area contributed by atoms with Gasteiger partial charge < -0.3 is 10.1 Å². The third-order valence-corrected chi connectivity index (χ3v) is 4.27. The number of carbonyl (C=O) groups is 1. The Morgan fingerprint density at radius 1 is 1.00 bits per heavy atom. The summed E-state index contributed by atoms with van der Waals surface area (Å²) in [4.78, 5) is 12.7. The number of anilines is 1. The summed E-state index contributed by atoms with van der Waals surface area (Å²) < 4.78 is 5.81. The predicted molar refractivity (Wildman–Crippen MR) is 90.2 cm³/mol. The molecule has 3 nitrogen and oxygen atoms in total. The Balaban J connectivity index is 1.83. The second kappa shape index (κ2) is 6.64. The van der Waals surface area contributed by atoms with Crippen LogP contribution in [0.4, 0.5) is 5.69 Å². The third kappa shape index (κ3) is 3.30. The molecule has 1 N–H and O–H groups in total. The van der Waals surface area contributed by atoms with Crippen molar-refractivity contribution in [2.24, 2.45) is 0 Å². The molecule has 1 aromatic heterocycles. The molecule has 2 aromatic carbocycles. The highest BCUT2D eigenvalue weighted by molar-refractivity contribution is 7.12. The molecule has 110 valence electrons. The minimum absolute atomic E-state index is 0.246. The van der Waals surface area contributed by atoms with Gasteiger partial charge in [0.2, 0.25) is 0 Å². The Hall–Kier alpha value is -2.30. The number of hydrogen-bond donors (Lipinski definition) is 1. The lowest BCUT2D eigenvalue weighted by Gasteiger charge is -2.11. The van der Waals surface area contributed by atoms with Crippen LogP contribution in [0.2, 0.25) is 5.02 Å². The van der Waals surface area contributed by atoms with Crippen molar-refractivity contribution >= 4 is 34.5 Å². The first-order chi connectivity index (χ1) is 10.7. The average Bonchev–Trinajstić information content (AvgIpc) is 2.96. The number of carbonyl (C=O) groups excluding carboxylic acids is 1. The molecule has 5 heteroatoms. The summed E-state index contributed by atoms with van der Waals surface area (Å²) in [6.07, 6.45) is 0. The zero-order valence-electron chi connectivity index (χ0n) is 11.5.